The molecule has 0 radical (unpaired) electrons. The van der Waals surface area contributed by atoms with E-state index < -0.39 is 0 Å². The molecule has 0 unspecified atom stereocenters. The van der Waals surface area contributed by atoms with Crippen LogP contribution in [0.1, 0.15) is 28.8 Å². The van der Waals surface area contributed by atoms with Crippen molar-refractivity contribution in [1.29, 1.82) is 0 Å². The number of carbonyl (C=O) groups is 1. The highest BCUT2D eigenvalue weighted by Gasteiger charge is 2.16. The molecule has 2 aromatic carbocycles. The number of aryl methyl sites for hydroxylation is 1. The standard InChI is InChI=1S/C19H20ClNO3/c1-13-4-7-15(11-18(13)20)21-19(22)14-5-8-16(9-6-14)24-12-17-3-2-10-23-17/h4-9,11,17H,2-3,10,12H2,1H3,(H,21,22)/t17-/m0/s1. The summed E-state index contributed by atoms with van der Waals surface area (Å²) in [5, 5.41) is 3.47. The highest BCUT2D eigenvalue weighted by atomic mass is 35.5. The van der Waals surface area contributed by atoms with E-state index in [4.69, 9.17) is 21.1 Å². The van der Waals surface area contributed by atoms with Crippen molar-refractivity contribution in [2.75, 3.05) is 18.5 Å². The van der Waals surface area contributed by atoms with Crippen LogP contribution >= 0.6 is 11.6 Å². The topological polar surface area (TPSA) is 47.6 Å². The van der Waals surface area contributed by atoms with Gasteiger partial charge in [0.25, 0.3) is 5.91 Å². The van der Waals surface area contributed by atoms with E-state index in [1.165, 1.54) is 0 Å². The van der Waals surface area contributed by atoms with E-state index >= 15 is 0 Å². The molecule has 1 aliphatic rings. The van der Waals surface area contributed by atoms with Crippen LogP contribution in [0.5, 0.6) is 5.75 Å². The lowest BCUT2D eigenvalue weighted by Gasteiger charge is -2.12. The fourth-order valence-corrected chi connectivity index (χ4v) is 2.72. The van der Waals surface area contributed by atoms with Gasteiger partial charge in [-0.2, -0.15) is 0 Å². The van der Waals surface area contributed by atoms with Crippen LogP contribution in [-0.4, -0.2) is 25.2 Å². The van der Waals surface area contributed by atoms with Crippen LogP contribution in [-0.2, 0) is 4.74 Å². The second-order valence-corrected chi connectivity index (χ2v) is 6.30. The molecule has 2 aromatic rings. The van der Waals surface area contributed by atoms with Crippen molar-refractivity contribution in [3.05, 3.63) is 58.6 Å². The molecule has 1 amide bonds. The van der Waals surface area contributed by atoms with Gasteiger partial charge < -0.3 is 14.8 Å². The lowest BCUT2D eigenvalue weighted by Crippen LogP contribution is -2.16. The molecule has 1 fully saturated rings. The van der Waals surface area contributed by atoms with Crippen molar-refractivity contribution in [3.63, 3.8) is 0 Å². The van der Waals surface area contributed by atoms with Crippen LogP contribution in [0.25, 0.3) is 0 Å². The van der Waals surface area contributed by atoms with Gasteiger partial charge in [-0.1, -0.05) is 17.7 Å². The maximum absolute atomic E-state index is 12.3. The first-order valence-electron chi connectivity index (χ1n) is 8.04. The fraction of sp³-hybridized carbons (Fsp3) is 0.316. The van der Waals surface area contributed by atoms with Crippen LogP contribution < -0.4 is 10.1 Å². The second-order valence-electron chi connectivity index (χ2n) is 5.89. The quantitative estimate of drug-likeness (QED) is 0.870. The first-order valence-corrected chi connectivity index (χ1v) is 8.41. The summed E-state index contributed by atoms with van der Waals surface area (Å²) in [6.07, 6.45) is 2.31. The van der Waals surface area contributed by atoms with Crippen molar-refractivity contribution in [2.24, 2.45) is 0 Å². The van der Waals surface area contributed by atoms with Gasteiger partial charge in [-0.25, -0.2) is 0 Å². The molecule has 0 bridgehead atoms. The summed E-state index contributed by atoms with van der Waals surface area (Å²) in [7, 11) is 0. The largest absolute Gasteiger partial charge is 0.491 e. The number of benzene rings is 2. The third-order valence-corrected chi connectivity index (χ3v) is 4.41. The van der Waals surface area contributed by atoms with Gasteiger partial charge in [0.15, 0.2) is 0 Å². The Labute approximate surface area is 146 Å². The molecule has 0 spiro atoms. The van der Waals surface area contributed by atoms with E-state index in [2.05, 4.69) is 5.32 Å². The molecule has 0 aliphatic carbocycles. The van der Waals surface area contributed by atoms with E-state index in [0.717, 1.165) is 30.8 Å². The Hall–Kier alpha value is -2.04. The molecule has 5 heteroatoms. The SMILES string of the molecule is Cc1ccc(NC(=O)c2ccc(OC[C@@H]3CCCO3)cc2)cc1Cl. The van der Waals surface area contributed by atoms with Crippen molar-refractivity contribution >= 4 is 23.2 Å². The smallest absolute Gasteiger partial charge is 0.255 e. The number of rotatable bonds is 5. The number of amides is 1. The Morgan fingerprint density at radius 2 is 2.08 bits per heavy atom. The van der Waals surface area contributed by atoms with Gasteiger partial charge in [0, 0.05) is 22.9 Å². The zero-order valence-electron chi connectivity index (χ0n) is 13.5. The van der Waals surface area contributed by atoms with Gasteiger partial charge >= 0.3 is 0 Å². The molecule has 3 rings (SSSR count). The molecule has 1 aliphatic heterocycles. The first-order chi connectivity index (χ1) is 11.6. The Morgan fingerprint density at radius 3 is 2.75 bits per heavy atom. The minimum Gasteiger partial charge on any atom is -0.491 e. The number of hydrogen-bond donors (Lipinski definition) is 1. The predicted molar refractivity (Wildman–Crippen MR) is 95.1 cm³/mol. The highest BCUT2D eigenvalue weighted by molar-refractivity contribution is 6.31. The maximum Gasteiger partial charge on any atom is 0.255 e. The predicted octanol–water partition coefficient (Wildman–Crippen LogP) is 4.46. The Morgan fingerprint density at radius 1 is 1.29 bits per heavy atom. The minimum absolute atomic E-state index is 0.180. The van der Waals surface area contributed by atoms with E-state index in [9.17, 15) is 4.79 Å². The summed E-state index contributed by atoms with van der Waals surface area (Å²) in [6, 6.07) is 12.5. The van der Waals surface area contributed by atoms with Gasteiger partial charge in [-0.15, -0.1) is 0 Å². The van der Waals surface area contributed by atoms with Crippen molar-refractivity contribution in [1.82, 2.24) is 0 Å². The summed E-state index contributed by atoms with van der Waals surface area (Å²) < 4.78 is 11.2. The summed E-state index contributed by atoms with van der Waals surface area (Å²) >= 11 is 6.07. The Kier molecular flexibility index (Phi) is 5.38. The lowest BCUT2D eigenvalue weighted by atomic mass is 10.2. The van der Waals surface area contributed by atoms with Crippen LogP contribution in [0.2, 0.25) is 5.02 Å². The molecule has 4 nitrogen and oxygen atoms in total. The Bertz CT molecular complexity index is 709. The van der Waals surface area contributed by atoms with E-state index in [-0.39, 0.29) is 12.0 Å². The molecule has 126 valence electrons. The van der Waals surface area contributed by atoms with Crippen LogP contribution in [0, 0.1) is 6.92 Å². The zero-order valence-corrected chi connectivity index (χ0v) is 14.3. The number of nitrogens with one attached hydrogen (secondary N) is 1. The highest BCUT2D eigenvalue weighted by Crippen LogP contribution is 2.21. The molecule has 24 heavy (non-hydrogen) atoms. The molecule has 1 saturated heterocycles. The lowest BCUT2D eigenvalue weighted by molar-refractivity contribution is 0.0679. The van der Waals surface area contributed by atoms with Gasteiger partial charge in [-0.3, -0.25) is 4.79 Å². The first kappa shape index (κ1) is 16.8. The molecular formula is C19H20ClNO3. The van der Waals surface area contributed by atoms with Gasteiger partial charge in [0.1, 0.15) is 12.4 Å². The van der Waals surface area contributed by atoms with Gasteiger partial charge in [-0.05, 0) is 61.7 Å². The number of carbonyl (C=O) groups excluding carboxylic acids is 1. The maximum atomic E-state index is 12.3. The average molecular weight is 346 g/mol. The summed E-state index contributed by atoms with van der Waals surface area (Å²) in [4.78, 5) is 12.3. The molecule has 1 atom stereocenters. The number of hydrogen-bond acceptors (Lipinski definition) is 3. The minimum atomic E-state index is -0.180. The molecule has 1 N–H and O–H groups in total. The molecule has 0 aromatic heterocycles. The number of anilines is 1. The van der Waals surface area contributed by atoms with Crippen molar-refractivity contribution < 1.29 is 14.3 Å². The number of ether oxygens (including phenoxy) is 2. The normalized spacial score (nSPS) is 16.8. The van der Waals surface area contributed by atoms with Crippen molar-refractivity contribution in [2.45, 2.75) is 25.9 Å². The Balaban J connectivity index is 1.57. The van der Waals surface area contributed by atoms with Crippen LogP contribution in [0.4, 0.5) is 5.69 Å². The van der Waals surface area contributed by atoms with Crippen LogP contribution in [0.3, 0.4) is 0 Å². The van der Waals surface area contributed by atoms with Crippen molar-refractivity contribution in [3.8, 4) is 5.75 Å². The molecular weight excluding hydrogens is 326 g/mol. The molecule has 0 saturated carbocycles. The third-order valence-electron chi connectivity index (χ3n) is 4.01. The van der Waals surface area contributed by atoms with E-state index in [1.54, 1.807) is 30.3 Å². The van der Waals surface area contributed by atoms with Gasteiger partial charge in [0.05, 0.1) is 6.10 Å². The third kappa shape index (κ3) is 4.28. The zero-order chi connectivity index (χ0) is 16.9. The average Bonchev–Trinajstić information content (AvgIpc) is 3.10. The fourth-order valence-electron chi connectivity index (χ4n) is 2.54. The molecule has 1 heterocycles. The van der Waals surface area contributed by atoms with Gasteiger partial charge in [0.2, 0.25) is 0 Å². The van der Waals surface area contributed by atoms with E-state index in [1.807, 2.05) is 19.1 Å². The summed E-state index contributed by atoms with van der Waals surface area (Å²) in [5.41, 5.74) is 2.22. The van der Waals surface area contributed by atoms with Crippen LogP contribution in [0.15, 0.2) is 42.5 Å². The second kappa shape index (κ2) is 7.69. The summed E-state index contributed by atoms with van der Waals surface area (Å²) in [5.74, 6) is 0.557. The van der Waals surface area contributed by atoms with E-state index in [0.29, 0.717) is 22.9 Å². The summed E-state index contributed by atoms with van der Waals surface area (Å²) in [6.45, 7) is 3.28. The monoisotopic (exact) mass is 345 g/mol. The number of halogens is 1.